The van der Waals surface area contributed by atoms with Gasteiger partial charge in [-0.1, -0.05) is 19.1 Å². The van der Waals surface area contributed by atoms with E-state index in [-0.39, 0.29) is 12.0 Å². The second-order valence-corrected chi connectivity index (χ2v) is 5.99. The first-order chi connectivity index (χ1) is 10.2. The topological polar surface area (TPSA) is 54.1 Å². The molecule has 2 unspecified atom stereocenters. The van der Waals surface area contributed by atoms with Gasteiger partial charge < -0.3 is 15.0 Å². The molecule has 1 aromatic carbocycles. The first kappa shape index (κ1) is 14.1. The summed E-state index contributed by atoms with van der Waals surface area (Å²) >= 11 is 0. The fourth-order valence-electron chi connectivity index (χ4n) is 3.15. The number of aromatic amines is 1. The Hall–Kier alpha value is -1.81. The molecule has 1 aliphatic heterocycles. The van der Waals surface area contributed by atoms with Crippen LogP contribution in [0.2, 0.25) is 0 Å². The quantitative estimate of drug-likeness (QED) is 0.792. The number of carbonyl (C=O) groups is 1. The van der Waals surface area contributed by atoms with E-state index in [1.807, 2.05) is 6.20 Å². The molecule has 2 aromatic rings. The van der Waals surface area contributed by atoms with Gasteiger partial charge in [-0.15, -0.1) is 0 Å². The fourth-order valence-corrected chi connectivity index (χ4v) is 3.15. The van der Waals surface area contributed by atoms with Gasteiger partial charge in [-0.2, -0.15) is 0 Å². The Labute approximate surface area is 124 Å². The van der Waals surface area contributed by atoms with Gasteiger partial charge in [0.1, 0.15) is 6.04 Å². The summed E-state index contributed by atoms with van der Waals surface area (Å²) in [5.41, 5.74) is 3.72. The van der Waals surface area contributed by atoms with Crippen molar-refractivity contribution in [2.45, 2.75) is 32.2 Å². The molecule has 0 spiro atoms. The van der Waals surface area contributed by atoms with E-state index < -0.39 is 0 Å². The minimum Gasteiger partial charge on any atom is -0.468 e. The molecule has 0 saturated heterocycles. The lowest BCUT2D eigenvalue weighted by atomic mass is 9.93. The second-order valence-electron chi connectivity index (χ2n) is 5.99. The number of aryl methyl sites for hydroxylation is 1. The van der Waals surface area contributed by atoms with E-state index in [1.165, 1.54) is 23.6 Å². The highest BCUT2D eigenvalue weighted by Gasteiger charge is 2.23. The molecule has 1 aliphatic rings. The normalized spacial score (nSPS) is 23.0. The zero-order chi connectivity index (χ0) is 14.8. The third-order valence-corrected chi connectivity index (χ3v) is 4.40. The number of esters is 1. The lowest BCUT2D eigenvalue weighted by Crippen LogP contribution is -2.41. The number of carbonyl (C=O) groups excluding carboxylic acids is 1. The summed E-state index contributed by atoms with van der Waals surface area (Å²) in [7, 11) is 1.45. The summed E-state index contributed by atoms with van der Waals surface area (Å²) in [5.74, 6) is 0.350. The number of H-pyrrole nitrogens is 1. The summed E-state index contributed by atoms with van der Waals surface area (Å²) in [4.78, 5) is 15.3. The van der Waals surface area contributed by atoms with Gasteiger partial charge in [0, 0.05) is 23.5 Å². The molecule has 2 N–H and O–H groups in total. The van der Waals surface area contributed by atoms with Crippen molar-refractivity contribution in [2.75, 3.05) is 13.7 Å². The number of hydrogen-bond acceptors (Lipinski definition) is 3. The van der Waals surface area contributed by atoms with Crippen molar-refractivity contribution in [3.05, 3.63) is 35.5 Å². The maximum atomic E-state index is 12.0. The standard InChI is InChI=1S/C17H22N2O2/c1-11-6-7-12-4-3-5-14-16(12)13(10-19-14)8-15(18-9-11)17(20)21-2/h3-5,10-11,15,18-19H,6-9H2,1-2H3. The number of rotatable bonds is 1. The van der Waals surface area contributed by atoms with Crippen LogP contribution < -0.4 is 5.32 Å². The Bertz CT molecular complexity index is 647. The van der Waals surface area contributed by atoms with E-state index in [0.29, 0.717) is 12.3 Å². The fraction of sp³-hybridized carbons (Fsp3) is 0.471. The van der Waals surface area contributed by atoms with Gasteiger partial charge in [0.15, 0.2) is 0 Å². The van der Waals surface area contributed by atoms with Gasteiger partial charge in [-0.3, -0.25) is 4.79 Å². The largest absolute Gasteiger partial charge is 0.468 e. The van der Waals surface area contributed by atoms with Crippen LogP contribution >= 0.6 is 0 Å². The van der Waals surface area contributed by atoms with Crippen molar-refractivity contribution in [3.63, 3.8) is 0 Å². The lowest BCUT2D eigenvalue weighted by Gasteiger charge is -2.21. The Morgan fingerprint density at radius 1 is 1.33 bits per heavy atom. The molecule has 0 fully saturated rings. The van der Waals surface area contributed by atoms with Crippen LogP contribution in [0.5, 0.6) is 0 Å². The highest BCUT2D eigenvalue weighted by molar-refractivity contribution is 5.87. The smallest absolute Gasteiger partial charge is 0.323 e. The Balaban J connectivity index is 2.04. The van der Waals surface area contributed by atoms with Crippen molar-refractivity contribution in [1.82, 2.24) is 10.3 Å². The van der Waals surface area contributed by atoms with Crippen LogP contribution in [0.4, 0.5) is 0 Å². The van der Waals surface area contributed by atoms with Gasteiger partial charge in [-0.05, 0) is 42.5 Å². The Kier molecular flexibility index (Phi) is 3.97. The molecule has 21 heavy (non-hydrogen) atoms. The van der Waals surface area contributed by atoms with Crippen molar-refractivity contribution < 1.29 is 9.53 Å². The van der Waals surface area contributed by atoms with Gasteiger partial charge in [0.2, 0.25) is 0 Å². The predicted octanol–water partition coefficient (Wildman–Crippen LogP) is 2.42. The molecule has 0 aliphatic carbocycles. The molecule has 1 aromatic heterocycles. The van der Waals surface area contributed by atoms with Crippen LogP contribution in [-0.2, 0) is 22.4 Å². The molecule has 2 atom stereocenters. The van der Waals surface area contributed by atoms with Gasteiger partial charge in [-0.25, -0.2) is 0 Å². The molecule has 0 radical (unpaired) electrons. The minimum atomic E-state index is -0.275. The highest BCUT2D eigenvalue weighted by Crippen LogP contribution is 2.26. The van der Waals surface area contributed by atoms with Crippen LogP contribution in [0.25, 0.3) is 10.9 Å². The zero-order valence-electron chi connectivity index (χ0n) is 12.6. The average Bonchev–Trinajstić information content (AvgIpc) is 2.92. The molecule has 112 valence electrons. The highest BCUT2D eigenvalue weighted by atomic mass is 16.5. The number of methoxy groups -OCH3 is 1. The van der Waals surface area contributed by atoms with Crippen molar-refractivity contribution >= 4 is 16.9 Å². The molecular weight excluding hydrogens is 264 g/mol. The lowest BCUT2D eigenvalue weighted by molar-refractivity contribution is -0.143. The van der Waals surface area contributed by atoms with Gasteiger partial charge in [0.05, 0.1) is 7.11 Å². The van der Waals surface area contributed by atoms with Crippen LogP contribution in [-0.4, -0.2) is 30.6 Å². The number of aromatic nitrogens is 1. The van der Waals surface area contributed by atoms with Gasteiger partial charge >= 0.3 is 5.97 Å². The first-order valence-electron chi connectivity index (χ1n) is 7.58. The third-order valence-electron chi connectivity index (χ3n) is 4.40. The number of hydrogen-bond donors (Lipinski definition) is 2. The van der Waals surface area contributed by atoms with Gasteiger partial charge in [0.25, 0.3) is 0 Å². The molecule has 2 heterocycles. The van der Waals surface area contributed by atoms with E-state index in [4.69, 9.17) is 4.74 Å². The summed E-state index contributed by atoms with van der Waals surface area (Å²) in [5, 5.41) is 4.64. The molecule has 0 saturated carbocycles. The maximum Gasteiger partial charge on any atom is 0.323 e. The molecular formula is C17H22N2O2. The van der Waals surface area contributed by atoms with Crippen LogP contribution in [0.15, 0.2) is 24.4 Å². The predicted molar refractivity (Wildman–Crippen MR) is 83.3 cm³/mol. The van der Waals surface area contributed by atoms with Crippen LogP contribution in [0.3, 0.4) is 0 Å². The molecule has 4 nitrogen and oxygen atoms in total. The van der Waals surface area contributed by atoms with Crippen molar-refractivity contribution in [1.29, 1.82) is 0 Å². The summed E-state index contributed by atoms with van der Waals surface area (Å²) in [6.07, 6.45) is 4.88. The minimum absolute atomic E-state index is 0.186. The molecule has 0 amide bonds. The van der Waals surface area contributed by atoms with E-state index in [2.05, 4.69) is 35.4 Å². The van der Waals surface area contributed by atoms with Crippen LogP contribution in [0.1, 0.15) is 24.5 Å². The van der Waals surface area contributed by atoms with E-state index in [1.54, 1.807) is 0 Å². The number of ether oxygens (including phenoxy) is 1. The molecule has 4 heteroatoms. The van der Waals surface area contributed by atoms with E-state index in [9.17, 15) is 4.79 Å². The number of nitrogens with one attached hydrogen (secondary N) is 2. The summed E-state index contributed by atoms with van der Waals surface area (Å²) in [6, 6.07) is 6.12. The molecule has 3 rings (SSSR count). The van der Waals surface area contributed by atoms with E-state index in [0.717, 1.165) is 24.9 Å². The Morgan fingerprint density at radius 3 is 3.00 bits per heavy atom. The first-order valence-corrected chi connectivity index (χ1v) is 7.58. The maximum absolute atomic E-state index is 12.0. The van der Waals surface area contributed by atoms with Crippen LogP contribution in [0, 0.1) is 5.92 Å². The monoisotopic (exact) mass is 286 g/mol. The zero-order valence-corrected chi connectivity index (χ0v) is 12.6. The second kappa shape index (κ2) is 5.90. The SMILES string of the molecule is COC(=O)C1Cc2c[nH]c3cccc(c23)CCC(C)CN1. The number of benzene rings is 1. The summed E-state index contributed by atoms with van der Waals surface area (Å²) < 4.78 is 4.94. The Morgan fingerprint density at radius 2 is 2.19 bits per heavy atom. The molecule has 0 bridgehead atoms. The van der Waals surface area contributed by atoms with Crippen molar-refractivity contribution in [2.24, 2.45) is 5.92 Å². The van der Waals surface area contributed by atoms with E-state index >= 15 is 0 Å². The third kappa shape index (κ3) is 2.81. The summed E-state index contributed by atoms with van der Waals surface area (Å²) in [6.45, 7) is 3.07. The average molecular weight is 286 g/mol. The van der Waals surface area contributed by atoms with Crippen molar-refractivity contribution in [3.8, 4) is 0 Å².